The minimum absolute atomic E-state index is 0.360. The van der Waals surface area contributed by atoms with Gasteiger partial charge in [-0.1, -0.05) is 35.5 Å². The average Bonchev–Trinajstić information content (AvgIpc) is 3.01. The molecule has 4 heteroatoms. The minimum Gasteiger partial charge on any atom is -0.460 e. The van der Waals surface area contributed by atoms with Gasteiger partial charge >= 0.3 is 0 Å². The third kappa shape index (κ3) is 1.45. The Morgan fingerprint density at radius 1 is 1.10 bits per heavy atom. The van der Waals surface area contributed by atoms with Crippen molar-refractivity contribution in [2.75, 3.05) is 5.73 Å². The number of furan rings is 1. The Morgan fingerprint density at radius 2 is 1.90 bits per heavy atom. The van der Waals surface area contributed by atoms with Crippen molar-refractivity contribution in [3.63, 3.8) is 0 Å². The number of fused-ring (bicyclic) bond motifs is 3. The predicted octanol–water partition coefficient (Wildman–Crippen LogP) is 4.13. The molecule has 0 amide bonds. The van der Waals surface area contributed by atoms with Gasteiger partial charge in [-0.3, -0.25) is 0 Å². The Hall–Kier alpha value is -2.75. The van der Waals surface area contributed by atoms with Crippen LogP contribution in [0.15, 0.2) is 51.4 Å². The van der Waals surface area contributed by atoms with E-state index >= 15 is 0 Å². The number of nitrogens with two attached hydrogens (primary N) is 1. The molecule has 4 nitrogen and oxygen atoms in total. The van der Waals surface area contributed by atoms with Crippen molar-refractivity contribution in [1.29, 1.82) is 0 Å². The minimum atomic E-state index is 0.360. The molecule has 0 radical (unpaired) electrons. The van der Waals surface area contributed by atoms with E-state index in [0.717, 1.165) is 33.2 Å². The summed E-state index contributed by atoms with van der Waals surface area (Å²) in [5.74, 6) is 1.20. The van der Waals surface area contributed by atoms with Crippen LogP contribution < -0.4 is 5.73 Å². The Labute approximate surface area is 114 Å². The number of rotatable bonds is 1. The molecule has 98 valence electrons. The number of nitrogens with zero attached hydrogens (tertiary/aromatic N) is 1. The topological polar surface area (TPSA) is 65.2 Å². The monoisotopic (exact) mass is 264 g/mol. The normalized spacial score (nSPS) is 11.4. The van der Waals surface area contributed by atoms with Crippen molar-refractivity contribution in [1.82, 2.24) is 5.16 Å². The summed E-state index contributed by atoms with van der Waals surface area (Å²) in [6, 6.07) is 14.1. The summed E-state index contributed by atoms with van der Waals surface area (Å²) in [6.45, 7) is 1.92. The van der Waals surface area contributed by atoms with Crippen LogP contribution in [0, 0.1) is 6.92 Å². The highest BCUT2D eigenvalue weighted by molar-refractivity contribution is 6.13. The first kappa shape index (κ1) is 11.1. The quantitative estimate of drug-likeness (QED) is 0.561. The van der Waals surface area contributed by atoms with Crippen LogP contribution in [0.3, 0.4) is 0 Å². The molecule has 0 atom stereocenters. The molecule has 2 N–H and O–H groups in total. The molecule has 2 aromatic heterocycles. The van der Waals surface area contributed by atoms with E-state index in [4.69, 9.17) is 14.7 Å². The van der Waals surface area contributed by atoms with E-state index in [1.807, 2.05) is 37.3 Å². The highest BCUT2D eigenvalue weighted by Gasteiger charge is 2.17. The first-order valence-electron chi connectivity index (χ1n) is 6.37. The van der Waals surface area contributed by atoms with Crippen LogP contribution in [0.5, 0.6) is 0 Å². The van der Waals surface area contributed by atoms with Gasteiger partial charge in [0.15, 0.2) is 11.4 Å². The molecule has 20 heavy (non-hydrogen) atoms. The lowest BCUT2D eigenvalue weighted by Crippen LogP contribution is -1.85. The number of hydrogen-bond donors (Lipinski definition) is 1. The second-order valence-corrected chi connectivity index (χ2v) is 4.83. The molecule has 2 heterocycles. The largest absolute Gasteiger partial charge is 0.460 e. The molecule has 0 spiro atoms. The highest BCUT2D eigenvalue weighted by atomic mass is 16.5. The summed E-state index contributed by atoms with van der Waals surface area (Å²) in [5.41, 5.74) is 9.41. The summed E-state index contributed by atoms with van der Waals surface area (Å²) >= 11 is 0. The lowest BCUT2D eigenvalue weighted by atomic mass is 10.00. The van der Waals surface area contributed by atoms with Gasteiger partial charge < -0.3 is 14.7 Å². The van der Waals surface area contributed by atoms with E-state index in [-0.39, 0.29) is 0 Å². The molecule has 0 bridgehead atoms. The Morgan fingerprint density at radius 3 is 2.70 bits per heavy atom. The maximum Gasteiger partial charge on any atom is 0.178 e. The first-order chi connectivity index (χ1) is 9.74. The van der Waals surface area contributed by atoms with Crippen LogP contribution in [-0.2, 0) is 0 Å². The van der Waals surface area contributed by atoms with Crippen LogP contribution in [0.1, 0.15) is 5.76 Å². The number of benzene rings is 2. The van der Waals surface area contributed by atoms with E-state index in [2.05, 4.69) is 17.3 Å². The zero-order chi connectivity index (χ0) is 13.7. The maximum absolute atomic E-state index is 5.88. The molecule has 4 rings (SSSR count). The smallest absolute Gasteiger partial charge is 0.178 e. The van der Waals surface area contributed by atoms with Gasteiger partial charge in [0.05, 0.1) is 0 Å². The molecule has 4 aromatic rings. The molecule has 0 saturated carbocycles. The number of hydrogen-bond acceptors (Lipinski definition) is 4. The van der Waals surface area contributed by atoms with Crippen LogP contribution in [-0.4, -0.2) is 5.16 Å². The Bertz CT molecular complexity index is 920. The molecular formula is C16H12N2O2. The van der Waals surface area contributed by atoms with E-state index < -0.39 is 0 Å². The molecule has 2 aromatic carbocycles. The molecule has 0 aliphatic heterocycles. The fourth-order valence-electron chi connectivity index (χ4n) is 2.61. The Balaban J connectivity index is 2.19. The first-order valence-corrected chi connectivity index (χ1v) is 6.37. The highest BCUT2D eigenvalue weighted by Crippen LogP contribution is 2.38. The van der Waals surface area contributed by atoms with Gasteiger partial charge in [-0.25, -0.2) is 0 Å². The van der Waals surface area contributed by atoms with E-state index in [9.17, 15) is 0 Å². The molecule has 0 unspecified atom stereocenters. The van der Waals surface area contributed by atoms with E-state index in [0.29, 0.717) is 11.4 Å². The van der Waals surface area contributed by atoms with Gasteiger partial charge in [-0.15, -0.1) is 0 Å². The SMILES string of the molecule is Cc1cc2c(-c3ccccc3)cc3onc(N)c3c2o1. The van der Waals surface area contributed by atoms with Gasteiger partial charge in [0.2, 0.25) is 0 Å². The predicted molar refractivity (Wildman–Crippen MR) is 78.4 cm³/mol. The van der Waals surface area contributed by atoms with Crippen molar-refractivity contribution in [3.05, 3.63) is 48.2 Å². The van der Waals surface area contributed by atoms with Gasteiger partial charge in [0, 0.05) is 5.39 Å². The summed E-state index contributed by atoms with van der Waals surface area (Å²) in [5, 5.41) is 5.60. The third-order valence-corrected chi connectivity index (χ3v) is 3.48. The van der Waals surface area contributed by atoms with Crippen molar-refractivity contribution >= 4 is 27.8 Å². The molecule has 0 saturated heterocycles. The van der Waals surface area contributed by atoms with Gasteiger partial charge in [0.25, 0.3) is 0 Å². The van der Waals surface area contributed by atoms with Crippen molar-refractivity contribution in [2.24, 2.45) is 0 Å². The van der Waals surface area contributed by atoms with Crippen molar-refractivity contribution < 1.29 is 8.94 Å². The number of aromatic nitrogens is 1. The average molecular weight is 264 g/mol. The fourth-order valence-corrected chi connectivity index (χ4v) is 2.61. The standard InChI is InChI=1S/C16H12N2O2/c1-9-7-12-11(10-5-3-2-4-6-10)8-13-14(15(12)19-9)16(17)18-20-13/h2-8H,1H3,(H2,17,18). The zero-order valence-corrected chi connectivity index (χ0v) is 10.9. The van der Waals surface area contributed by atoms with E-state index in [1.54, 1.807) is 0 Å². The number of anilines is 1. The molecule has 0 aliphatic carbocycles. The van der Waals surface area contributed by atoms with Crippen LogP contribution in [0.2, 0.25) is 0 Å². The van der Waals surface area contributed by atoms with Crippen molar-refractivity contribution in [3.8, 4) is 11.1 Å². The third-order valence-electron chi connectivity index (χ3n) is 3.48. The lowest BCUT2D eigenvalue weighted by Gasteiger charge is -2.03. The maximum atomic E-state index is 5.88. The summed E-state index contributed by atoms with van der Waals surface area (Å²) < 4.78 is 11.1. The molecule has 0 aliphatic rings. The van der Waals surface area contributed by atoms with Gasteiger partial charge in [-0.05, 0) is 30.2 Å². The van der Waals surface area contributed by atoms with Crippen LogP contribution in [0.25, 0.3) is 33.1 Å². The summed E-state index contributed by atoms with van der Waals surface area (Å²) in [7, 11) is 0. The Kier molecular flexibility index (Phi) is 2.15. The van der Waals surface area contributed by atoms with Crippen LogP contribution >= 0.6 is 0 Å². The second-order valence-electron chi connectivity index (χ2n) is 4.83. The summed E-state index contributed by atoms with van der Waals surface area (Å²) in [6.07, 6.45) is 0. The van der Waals surface area contributed by atoms with Crippen molar-refractivity contribution in [2.45, 2.75) is 6.92 Å². The number of nitrogen functional groups attached to an aromatic ring is 1. The fraction of sp³-hybridized carbons (Fsp3) is 0.0625. The second kappa shape index (κ2) is 3.87. The van der Waals surface area contributed by atoms with Gasteiger partial charge in [0.1, 0.15) is 16.7 Å². The van der Waals surface area contributed by atoms with Gasteiger partial charge in [-0.2, -0.15) is 0 Å². The number of aryl methyl sites for hydroxylation is 1. The molecular weight excluding hydrogens is 252 g/mol. The summed E-state index contributed by atoms with van der Waals surface area (Å²) in [4.78, 5) is 0. The lowest BCUT2D eigenvalue weighted by molar-refractivity contribution is 0.460. The zero-order valence-electron chi connectivity index (χ0n) is 10.9. The van der Waals surface area contributed by atoms with E-state index in [1.165, 1.54) is 0 Å². The van der Waals surface area contributed by atoms with Crippen LogP contribution in [0.4, 0.5) is 5.82 Å². The molecule has 0 fully saturated rings.